The van der Waals surface area contributed by atoms with Crippen LogP contribution in [0, 0.1) is 17.3 Å². The Kier molecular flexibility index (Phi) is 11.2. The Morgan fingerprint density at radius 3 is 2.65 bits per heavy atom. The summed E-state index contributed by atoms with van der Waals surface area (Å²) >= 11 is 0. The smallest absolute Gasteiger partial charge is 0.248 e. The molecule has 8 nitrogen and oxygen atoms in total. The minimum Gasteiger partial charge on any atom is -0.355 e. The lowest BCUT2D eigenvalue weighted by Crippen LogP contribution is -2.35. The Bertz CT molecular complexity index is 1160. The molecule has 1 aliphatic carbocycles. The molecule has 0 bridgehead atoms. The molecule has 1 saturated carbocycles. The average Bonchev–Trinajstić information content (AvgIpc) is 2.89. The number of likely N-dealkylation sites (N-methyl/N-ethyl adjacent to an activating group) is 1. The minimum absolute atomic E-state index is 0.0162. The van der Waals surface area contributed by atoms with Crippen LogP contribution < -0.4 is 16.5 Å². The Balaban J connectivity index is 1.44. The van der Waals surface area contributed by atoms with Gasteiger partial charge in [-0.1, -0.05) is 34.3 Å². The molecule has 4 N–H and O–H groups in total. The number of hydrazine groups is 1. The van der Waals surface area contributed by atoms with Gasteiger partial charge in [0.25, 0.3) is 0 Å². The van der Waals surface area contributed by atoms with Crippen LogP contribution in [-0.2, 0) is 24.1 Å². The summed E-state index contributed by atoms with van der Waals surface area (Å²) in [6.45, 7) is 12.7. The molecule has 0 spiro atoms. The fourth-order valence-electron chi connectivity index (χ4n) is 5.37. The highest BCUT2D eigenvalue weighted by atomic mass is 19.1. The molecular formula is C31H46FN7O. The number of pyridine rings is 1. The largest absolute Gasteiger partial charge is 0.355 e. The lowest BCUT2D eigenvalue weighted by molar-refractivity contribution is -0.117. The molecular weight excluding hydrogens is 505 g/mol. The van der Waals surface area contributed by atoms with Crippen LogP contribution in [0.4, 0.5) is 10.2 Å². The fraction of sp³-hybridized carbons (Fsp3) is 0.548. The quantitative estimate of drug-likeness (QED) is 0.160. The summed E-state index contributed by atoms with van der Waals surface area (Å²) in [6.07, 6.45) is 7.94. The third kappa shape index (κ3) is 9.70. The number of allylic oxidation sites excluding steroid dienone is 1. The van der Waals surface area contributed by atoms with Gasteiger partial charge in [-0.15, -0.1) is 5.10 Å². The SMILES string of the molecule is C=C(Cc1cc(CC2CC(C)(C)C2)ccn1)Nc1ccc(CCC(F)CN(N)/C=C(/C(=O)NC)C(C)CC)nn1. The van der Waals surface area contributed by atoms with Crippen molar-refractivity contribution in [2.75, 3.05) is 18.9 Å². The van der Waals surface area contributed by atoms with Gasteiger partial charge in [0.15, 0.2) is 5.82 Å². The van der Waals surface area contributed by atoms with Crippen molar-refractivity contribution in [2.24, 2.45) is 23.1 Å². The summed E-state index contributed by atoms with van der Waals surface area (Å²) in [4.78, 5) is 16.6. The monoisotopic (exact) mass is 551 g/mol. The van der Waals surface area contributed by atoms with Crippen LogP contribution in [0.3, 0.4) is 0 Å². The minimum atomic E-state index is -1.18. The van der Waals surface area contributed by atoms with E-state index in [4.69, 9.17) is 5.84 Å². The van der Waals surface area contributed by atoms with Crippen LogP contribution in [0.25, 0.3) is 0 Å². The number of halogens is 1. The van der Waals surface area contributed by atoms with Crippen molar-refractivity contribution in [3.05, 3.63) is 71.5 Å². The summed E-state index contributed by atoms with van der Waals surface area (Å²) in [5, 5.41) is 15.5. The second-order valence-corrected chi connectivity index (χ2v) is 11.9. The molecule has 9 heteroatoms. The molecule has 218 valence electrons. The van der Waals surface area contributed by atoms with Crippen LogP contribution in [0.1, 0.15) is 70.3 Å². The molecule has 2 aromatic heterocycles. The summed E-state index contributed by atoms with van der Waals surface area (Å²) in [5.41, 5.74) is 4.80. The summed E-state index contributed by atoms with van der Waals surface area (Å²) in [6, 6.07) is 7.93. The van der Waals surface area contributed by atoms with E-state index >= 15 is 0 Å². The predicted octanol–water partition coefficient (Wildman–Crippen LogP) is 5.14. The van der Waals surface area contributed by atoms with Crippen LogP contribution in [0.15, 0.2) is 54.5 Å². The molecule has 2 atom stereocenters. The fourth-order valence-corrected chi connectivity index (χ4v) is 5.37. The molecule has 2 heterocycles. The number of carbonyl (C=O) groups excluding carboxylic acids is 1. The number of hydrogen-bond donors (Lipinski definition) is 3. The highest BCUT2D eigenvalue weighted by molar-refractivity contribution is 5.93. The third-order valence-corrected chi connectivity index (χ3v) is 7.57. The third-order valence-electron chi connectivity index (χ3n) is 7.57. The first-order chi connectivity index (χ1) is 19.0. The molecule has 2 aromatic rings. The van der Waals surface area contributed by atoms with Gasteiger partial charge in [-0.25, -0.2) is 10.2 Å². The highest BCUT2D eigenvalue weighted by Crippen LogP contribution is 2.46. The van der Waals surface area contributed by atoms with Gasteiger partial charge in [-0.3, -0.25) is 9.78 Å². The lowest BCUT2D eigenvalue weighted by atomic mass is 9.63. The second kappa shape index (κ2) is 14.3. The van der Waals surface area contributed by atoms with Crippen LogP contribution in [0.5, 0.6) is 0 Å². The Morgan fingerprint density at radius 1 is 1.27 bits per heavy atom. The molecule has 0 aliphatic heterocycles. The van der Waals surface area contributed by atoms with Crippen LogP contribution in [-0.4, -0.2) is 45.9 Å². The zero-order valence-electron chi connectivity index (χ0n) is 24.7. The zero-order chi connectivity index (χ0) is 29.3. The number of aromatic nitrogens is 3. The topological polar surface area (TPSA) is 109 Å². The standard InChI is InChI=1S/C31H46FN7O/c1-7-21(2)28(30(40)34-6)20-39(33)19-25(32)8-9-26-10-11-29(38-37-26)36-22(3)14-27-16-23(12-13-35-27)15-24-17-31(4,5)18-24/h10-13,16,20-21,24-25H,3,7-9,14-15,17-19,33H2,1-2,4-6H3,(H,34,40)(H,36,38)/b28-20+. The molecule has 1 aliphatic rings. The van der Waals surface area contributed by atoms with Gasteiger partial charge in [0, 0.05) is 42.8 Å². The summed E-state index contributed by atoms with van der Waals surface area (Å²) in [7, 11) is 1.57. The van der Waals surface area contributed by atoms with Crippen molar-refractivity contribution in [3.63, 3.8) is 0 Å². The number of nitrogens with one attached hydrogen (secondary N) is 2. The van der Waals surface area contributed by atoms with E-state index in [2.05, 4.69) is 58.4 Å². The number of nitrogens with two attached hydrogens (primary N) is 1. The maximum absolute atomic E-state index is 14.6. The van der Waals surface area contributed by atoms with Gasteiger partial charge >= 0.3 is 0 Å². The number of carbonyl (C=O) groups is 1. The number of hydrogen-bond acceptors (Lipinski definition) is 7. The van der Waals surface area contributed by atoms with Crippen molar-refractivity contribution in [3.8, 4) is 0 Å². The Labute approximate surface area is 238 Å². The van der Waals surface area contributed by atoms with E-state index in [1.54, 1.807) is 7.05 Å². The first kappa shape index (κ1) is 31.2. The second-order valence-electron chi connectivity index (χ2n) is 11.9. The molecule has 3 rings (SSSR count). The highest BCUT2D eigenvalue weighted by Gasteiger charge is 2.35. The van der Waals surface area contributed by atoms with E-state index in [0.717, 1.165) is 30.2 Å². The predicted molar refractivity (Wildman–Crippen MR) is 159 cm³/mol. The van der Waals surface area contributed by atoms with E-state index in [-0.39, 0.29) is 24.8 Å². The van der Waals surface area contributed by atoms with E-state index in [1.807, 2.05) is 32.2 Å². The molecule has 2 unspecified atom stereocenters. The molecule has 0 aromatic carbocycles. The Morgan fingerprint density at radius 2 is 2.02 bits per heavy atom. The van der Waals surface area contributed by atoms with Crippen molar-refractivity contribution >= 4 is 11.7 Å². The zero-order valence-corrected chi connectivity index (χ0v) is 24.7. The van der Waals surface area contributed by atoms with E-state index < -0.39 is 6.17 Å². The Hall–Kier alpha value is -3.33. The maximum atomic E-state index is 14.6. The van der Waals surface area contributed by atoms with Crippen molar-refractivity contribution in [1.29, 1.82) is 0 Å². The van der Waals surface area contributed by atoms with Gasteiger partial charge in [0.1, 0.15) is 6.17 Å². The van der Waals surface area contributed by atoms with Crippen LogP contribution in [0.2, 0.25) is 0 Å². The number of nitrogens with zero attached hydrogens (tertiary/aromatic N) is 4. The summed E-state index contributed by atoms with van der Waals surface area (Å²) in [5.74, 6) is 7.15. The van der Waals surface area contributed by atoms with E-state index in [1.165, 1.54) is 29.6 Å². The van der Waals surface area contributed by atoms with Gasteiger partial charge in [0.2, 0.25) is 5.91 Å². The van der Waals surface area contributed by atoms with Gasteiger partial charge in [0.05, 0.1) is 12.2 Å². The van der Waals surface area contributed by atoms with Crippen molar-refractivity contribution in [2.45, 2.75) is 78.8 Å². The van der Waals surface area contributed by atoms with Gasteiger partial charge in [-0.2, -0.15) is 5.10 Å². The number of aryl methyl sites for hydroxylation is 1. The lowest BCUT2D eigenvalue weighted by Gasteiger charge is -2.42. The number of alkyl halides is 1. The molecule has 1 amide bonds. The van der Waals surface area contributed by atoms with Crippen LogP contribution >= 0.6 is 0 Å². The molecule has 1 fully saturated rings. The first-order valence-corrected chi connectivity index (χ1v) is 14.3. The maximum Gasteiger partial charge on any atom is 0.248 e. The number of amides is 1. The molecule has 40 heavy (non-hydrogen) atoms. The molecule has 0 saturated heterocycles. The number of anilines is 1. The number of rotatable bonds is 15. The van der Waals surface area contributed by atoms with Crippen molar-refractivity contribution in [1.82, 2.24) is 25.5 Å². The average molecular weight is 552 g/mol. The van der Waals surface area contributed by atoms with Crippen molar-refractivity contribution < 1.29 is 9.18 Å². The molecule has 0 radical (unpaired) electrons. The first-order valence-electron chi connectivity index (χ1n) is 14.3. The van der Waals surface area contributed by atoms with Gasteiger partial charge < -0.3 is 15.6 Å². The van der Waals surface area contributed by atoms with E-state index in [9.17, 15) is 9.18 Å². The normalized spacial score (nSPS) is 16.5. The summed E-state index contributed by atoms with van der Waals surface area (Å²) < 4.78 is 14.6. The van der Waals surface area contributed by atoms with E-state index in [0.29, 0.717) is 35.3 Å². The van der Waals surface area contributed by atoms with Gasteiger partial charge in [-0.05, 0) is 85.6 Å².